The van der Waals surface area contributed by atoms with E-state index < -0.39 is 0 Å². The van der Waals surface area contributed by atoms with E-state index in [-0.39, 0.29) is 4.83 Å². The summed E-state index contributed by atoms with van der Waals surface area (Å²) in [5, 5.41) is 0. The molecule has 0 fully saturated rings. The Morgan fingerprint density at radius 3 is 1.88 bits per heavy atom. The van der Waals surface area contributed by atoms with Gasteiger partial charge in [-0.15, -0.1) is 0 Å². The van der Waals surface area contributed by atoms with Gasteiger partial charge in [0.2, 0.25) is 0 Å². The van der Waals surface area contributed by atoms with Gasteiger partial charge in [-0.3, -0.25) is 0 Å². The number of alkyl halides is 1. The van der Waals surface area contributed by atoms with Gasteiger partial charge < -0.3 is 0 Å². The minimum Gasteiger partial charge on any atom is -0.0786 e. The molecule has 1 atom stereocenters. The summed E-state index contributed by atoms with van der Waals surface area (Å²) in [5.41, 5.74) is 3.78. The Bertz CT molecular complexity index is 497. The quantitative estimate of drug-likeness (QED) is 0.524. The van der Waals surface area contributed by atoms with Gasteiger partial charge in [-0.05, 0) is 36.2 Å². The molecule has 88 valence electrons. The van der Waals surface area contributed by atoms with Crippen LogP contribution < -0.4 is 0 Å². The number of halogens is 3. The second-order valence-corrected chi connectivity index (χ2v) is 6.72. The lowest BCUT2D eigenvalue weighted by Crippen LogP contribution is -1.93. The molecule has 0 amide bonds. The first-order valence-electron chi connectivity index (χ1n) is 5.23. The van der Waals surface area contributed by atoms with Gasteiger partial charge in [0.1, 0.15) is 0 Å². The van der Waals surface area contributed by atoms with Crippen molar-refractivity contribution in [1.82, 2.24) is 0 Å². The average Bonchev–Trinajstić information content (AvgIpc) is 2.28. The lowest BCUT2D eigenvalue weighted by atomic mass is 10.0. The van der Waals surface area contributed by atoms with Crippen LogP contribution in [0.3, 0.4) is 0 Å². The monoisotopic (exact) mass is 416 g/mol. The van der Waals surface area contributed by atoms with Crippen LogP contribution in [0.5, 0.6) is 0 Å². The van der Waals surface area contributed by atoms with Crippen molar-refractivity contribution >= 4 is 47.8 Å². The van der Waals surface area contributed by atoms with Crippen molar-refractivity contribution in [2.75, 3.05) is 0 Å². The fourth-order valence-electron chi connectivity index (χ4n) is 1.65. The molecule has 0 spiro atoms. The van der Waals surface area contributed by atoms with Gasteiger partial charge in [0.25, 0.3) is 0 Å². The molecule has 17 heavy (non-hydrogen) atoms. The topological polar surface area (TPSA) is 0 Å². The molecular weight excluding hydrogens is 408 g/mol. The van der Waals surface area contributed by atoms with Crippen molar-refractivity contribution in [1.29, 1.82) is 0 Å². The maximum Gasteiger partial charge on any atom is 0.0645 e. The zero-order valence-electron chi connectivity index (χ0n) is 9.25. The van der Waals surface area contributed by atoms with Crippen molar-refractivity contribution in [2.24, 2.45) is 0 Å². The van der Waals surface area contributed by atoms with Gasteiger partial charge >= 0.3 is 0 Å². The summed E-state index contributed by atoms with van der Waals surface area (Å²) in [6, 6.07) is 14.9. The second-order valence-electron chi connectivity index (χ2n) is 3.98. The zero-order chi connectivity index (χ0) is 12.4. The predicted octanol–water partition coefficient (Wildman–Crippen LogP) is 6.00. The van der Waals surface area contributed by atoms with Crippen LogP contribution in [0.1, 0.15) is 21.5 Å². The molecule has 0 aliphatic rings. The maximum atomic E-state index is 3.75. The van der Waals surface area contributed by atoms with E-state index >= 15 is 0 Å². The Hall–Kier alpha value is -0.120. The third-order valence-electron chi connectivity index (χ3n) is 2.55. The lowest BCUT2D eigenvalue weighted by Gasteiger charge is -2.12. The fraction of sp³-hybridized carbons (Fsp3) is 0.143. The van der Waals surface area contributed by atoms with Crippen molar-refractivity contribution < 1.29 is 0 Å². The highest BCUT2D eigenvalue weighted by atomic mass is 79.9. The van der Waals surface area contributed by atoms with Crippen LogP contribution in [0.4, 0.5) is 0 Å². The molecule has 2 aromatic carbocycles. The molecule has 0 N–H and O–H groups in total. The normalized spacial score (nSPS) is 12.5. The maximum absolute atomic E-state index is 3.75. The van der Waals surface area contributed by atoms with Gasteiger partial charge in [0.05, 0.1) is 4.83 Å². The van der Waals surface area contributed by atoms with E-state index in [0.717, 1.165) is 8.95 Å². The van der Waals surface area contributed by atoms with E-state index in [1.54, 1.807) is 0 Å². The lowest BCUT2D eigenvalue weighted by molar-refractivity contribution is 1.16. The fourth-order valence-corrected chi connectivity index (χ4v) is 3.55. The Morgan fingerprint density at radius 1 is 0.824 bits per heavy atom. The molecule has 3 heteroatoms. The SMILES string of the molecule is Cc1ccc(C(Br)c2cc(Br)cc(Br)c2)cc1. The highest BCUT2D eigenvalue weighted by Gasteiger charge is 2.11. The van der Waals surface area contributed by atoms with Crippen LogP contribution >= 0.6 is 47.8 Å². The first-order valence-corrected chi connectivity index (χ1v) is 7.73. The summed E-state index contributed by atoms with van der Waals surface area (Å²) >= 11 is 10.8. The Kier molecular flexibility index (Phi) is 4.45. The van der Waals surface area contributed by atoms with Crippen LogP contribution in [0.25, 0.3) is 0 Å². The standard InChI is InChI=1S/C14H11Br3/c1-9-2-4-10(5-3-9)14(17)11-6-12(15)8-13(16)7-11/h2-8,14H,1H3. The van der Waals surface area contributed by atoms with Gasteiger partial charge in [-0.1, -0.05) is 77.6 Å². The van der Waals surface area contributed by atoms with Crippen molar-refractivity contribution in [3.63, 3.8) is 0 Å². The second kappa shape index (κ2) is 5.68. The van der Waals surface area contributed by atoms with Crippen LogP contribution in [-0.2, 0) is 0 Å². The molecule has 0 bridgehead atoms. The largest absolute Gasteiger partial charge is 0.0786 e. The van der Waals surface area contributed by atoms with Gasteiger partial charge in [0, 0.05) is 8.95 Å². The average molecular weight is 419 g/mol. The zero-order valence-corrected chi connectivity index (χ0v) is 14.0. The van der Waals surface area contributed by atoms with Crippen LogP contribution in [-0.4, -0.2) is 0 Å². The molecule has 0 saturated heterocycles. The highest BCUT2D eigenvalue weighted by Crippen LogP contribution is 2.34. The molecule has 0 heterocycles. The summed E-state index contributed by atoms with van der Waals surface area (Å²) in [5.74, 6) is 0. The molecule has 1 unspecified atom stereocenters. The Labute approximate surface area is 127 Å². The van der Waals surface area contributed by atoms with Gasteiger partial charge in [-0.2, -0.15) is 0 Å². The molecule has 0 aromatic heterocycles. The van der Waals surface area contributed by atoms with Crippen LogP contribution in [0.15, 0.2) is 51.4 Å². The van der Waals surface area contributed by atoms with Crippen molar-refractivity contribution in [3.8, 4) is 0 Å². The summed E-state index contributed by atoms with van der Waals surface area (Å²) in [6.45, 7) is 2.10. The Morgan fingerprint density at radius 2 is 1.35 bits per heavy atom. The van der Waals surface area contributed by atoms with E-state index in [1.165, 1.54) is 16.7 Å². The molecule has 0 nitrogen and oxygen atoms in total. The van der Waals surface area contributed by atoms with E-state index in [9.17, 15) is 0 Å². The summed E-state index contributed by atoms with van der Waals surface area (Å²) < 4.78 is 2.16. The molecule has 2 aromatic rings. The number of hydrogen-bond acceptors (Lipinski definition) is 0. The first kappa shape index (κ1) is 13.3. The highest BCUT2D eigenvalue weighted by molar-refractivity contribution is 9.11. The molecule has 0 aliphatic carbocycles. The third-order valence-corrected chi connectivity index (χ3v) is 4.52. The van der Waals surface area contributed by atoms with Crippen LogP contribution in [0.2, 0.25) is 0 Å². The van der Waals surface area contributed by atoms with E-state index in [1.807, 2.05) is 6.07 Å². The first-order chi connectivity index (χ1) is 8.06. The van der Waals surface area contributed by atoms with Crippen molar-refractivity contribution in [2.45, 2.75) is 11.8 Å². The number of aryl methyl sites for hydroxylation is 1. The smallest absolute Gasteiger partial charge is 0.0645 e. The van der Waals surface area contributed by atoms with Gasteiger partial charge in [-0.25, -0.2) is 0 Å². The minimum absolute atomic E-state index is 0.219. The predicted molar refractivity (Wildman–Crippen MR) is 83.8 cm³/mol. The third kappa shape index (κ3) is 3.43. The van der Waals surface area contributed by atoms with Crippen LogP contribution in [0, 0.1) is 6.92 Å². The molecule has 2 rings (SSSR count). The number of rotatable bonds is 2. The molecular formula is C14H11Br3. The van der Waals surface area contributed by atoms with Crippen molar-refractivity contribution in [3.05, 3.63) is 68.1 Å². The van der Waals surface area contributed by atoms with E-state index in [4.69, 9.17) is 0 Å². The number of benzene rings is 2. The summed E-state index contributed by atoms with van der Waals surface area (Å²) in [4.78, 5) is 0.219. The minimum atomic E-state index is 0.219. The number of hydrogen-bond donors (Lipinski definition) is 0. The summed E-state index contributed by atoms with van der Waals surface area (Å²) in [6.07, 6.45) is 0. The molecule has 0 saturated carbocycles. The molecule has 0 radical (unpaired) electrons. The molecule has 0 aliphatic heterocycles. The van der Waals surface area contributed by atoms with E-state index in [0.29, 0.717) is 0 Å². The van der Waals surface area contributed by atoms with E-state index in [2.05, 4.69) is 91.1 Å². The van der Waals surface area contributed by atoms with Gasteiger partial charge in [0.15, 0.2) is 0 Å². The summed E-state index contributed by atoms with van der Waals surface area (Å²) in [7, 11) is 0. The Balaban J connectivity index is 2.36.